The lowest BCUT2D eigenvalue weighted by Gasteiger charge is -2.13. The van der Waals surface area contributed by atoms with E-state index in [-0.39, 0.29) is 5.78 Å². The fourth-order valence-corrected chi connectivity index (χ4v) is 1.36. The number of allylic oxidation sites excluding steroid dienone is 2. The second-order valence-corrected chi connectivity index (χ2v) is 3.27. The summed E-state index contributed by atoms with van der Waals surface area (Å²) in [6.07, 6.45) is 6.96. The van der Waals surface area contributed by atoms with Crippen LogP contribution in [0.25, 0.3) is 0 Å². The molecule has 1 aliphatic carbocycles. The monoisotopic (exact) mass is 167 g/mol. The van der Waals surface area contributed by atoms with Crippen LogP contribution in [-0.2, 0) is 4.79 Å². The van der Waals surface area contributed by atoms with Gasteiger partial charge in [0.25, 0.3) is 0 Å². The molecule has 0 bridgehead atoms. The zero-order valence-corrected chi connectivity index (χ0v) is 7.73. The van der Waals surface area contributed by atoms with Gasteiger partial charge in [-0.05, 0) is 19.3 Å². The summed E-state index contributed by atoms with van der Waals surface area (Å²) in [4.78, 5) is 11.0. The number of nitrogens with one attached hydrogen (secondary N) is 1. The van der Waals surface area contributed by atoms with Crippen molar-refractivity contribution in [1.82, 2.24) is 5.32 Å². The predicted molar refractivity (Wildman–Crippen MR) is 49.9 cm³/mol. The summed E-state index contributed by atoms with van der Waals surface area (Å²) >= 11 is 0. The van der Waals surface area contributed by atoms with Crippen molar-refractivity contribution >= 4 is 5.78 Å². The van der Waals surface area contributed by atoms with E-state index in [9.17, 15) is 4.79 Å². The van der Waals surface area contributed by atoms with E-state index < -0.39 is 0 Å². The Hall–Kier alpha value is -0.790. The Bertz CT molecular complexity index is 184. The molecule has 0 spiro atoms. The van der Waals surface area contributed by atoms with Gasteiger partial charge in [0.15, 0.2) is 5.78 Å². The minimum absolute atomic E-state index is 0.278. The van der Waals surface area contributed by atoms with Crippen molar-refractivity contribution in [2.75, 3.05) is 6.54 Å². The highest BCUT2D eigenvalue weighted by molar-refractivity contribution is 5.90. The van der Waals surface area contributed by atoms with Crippen LogP contribution in [0.3, 0.4) is 0 Å². The number of rotatable bonds is 4. The molecule has 0 saturated carbocycles. The molecular formula is C10H17NO. The van der Waals surface area contributed by atoms with Gasteiger partial charge in [-0.15, -0.1) is 0 Å². The fraction of sp³-hybridized carbons (Fsp3) is 0.700. The van der Waals surface area contributed by atoms with Crippen LogP contribution in [0.15, 0.2) is 11.8 Å². The largest absolute Gasteiger partial charge is 0.388 e. The van der Waals surface area contributed by atoms with Crippen molar-refractivity contribution < 1.29 is 4.79 Å². The molecule has 2 nitrogen and oxygen atoms in total. The Morgan fingerprint density at radius 2 is 2.33 bits per heavy atom. The van der Waals surface area contributed by atoms with Gasteiger partial charge in [0.1, 0.15) is 0 Å². The van der Waals surface area contributed by atoms with Crippen LogP contribution in [0.2, 0.25) is 0 Å². The molecule has 0 unspecified atom stereocenters. The molecule has 68 valence electrons. The highest BCUT2D eigenvalue weighted by Gasteiger charge is 2.08. The van der Waals surface area contributed by atoms with Gasteiger partial charge in [0.2, 0.25) is 0 Å². The molecule has 2 heteroatoms. The summed E-state index contributed by atoms with van der Waals surface area (Å²) in [5, 5.41) is 3.29. The van der Waals surface area contributed by atoms with Gasteiger partial charge in [-0.2, -0.15) is 0 Å². The van der Waals surface area contributed by atoms with Gasteiger partial charge >= 0.3 is 0 Å². The highest BCUT2D eigenvalue weighted by Crippen LogP contribution is 2.12. The van der Waals surface area contributed by atoms with Gasteiger partial charge in [-0.1, -0.05) is 13.3 Å². The van der Waals surface area contributed by atoms with Crippen molar-refractivity contribution in [3.05, 3.63) is 11.8 Å². The molecule has 1 rings (SSSR count). The number of hydrogen-bond acceptors (Lipinski definition) is 2. The van der Waals surface area contributed by atoms with Crippen molar-refractivity contribution in [2.24, 2.45) is 0 Å². The maximum atomic E-state index is 11.0. The van der Waals surface area contributed by atoms with Crippen LogP contribution in [0.4, 0.5) is 0 Å². The Labute approximate surface area is 74.0 Å². The van der Waals surface area contributed by atoms with E-state index in [1.54, 1.807) is 6.08 Å². The number of ketones is 1. The molecule has 0 amide bonds. The van der Waals surface area contributed by atoms with Crippen LogP contribution >= 0.6 is 0 Å². The fourth-order valence-electron chi connectivity index (χ4n) is 1.36. The molecule has 0 heterocycles. The quantitative estimate of drug-likeness (QED) is 0.649. The smallest absolute Gasteiger partial charge is 0.157 e. The van der Waals surface area contributed by atoms with Gasteiger partial charge in [-0.3, -0.25) is 4.79 Å². The maximum absolute atomic E-state index is 11.0. The maximum Gasteiger partial charge on any atom is 0.157 e. The SMILES string of the molecule is CCCCNC1=CC(=O)CCC1. The van der Waals surface area contributed by atoms with Crippen molar-refractivity contribution in [1.29, 1.82) is 0 Å². The lowest BCUT2D eigenvalue weighted by molar-refractivity contribution is -0.115. The summed E-state index contributed by atoms with van der Waals surface area (Å²) in [7, 11) is 0. The van der Waals surface area contributed by atoms with Gasteiger partial charge in [0.05, 0.1) is 0 Å². The van der Waals surface area contributed by atoms with Gasteiger partial charge in [-0.25, -0.2) is 0 Å². The van der Waals surface area contributed by atoms with E-state index >= 15 is 0 Å². The number of carbonyl (C=O) groups excluding carboxylic acids is 1. The average molecular weight is 167 g/mol. The second-order valence-electron chi connectivity index (χ2n) is 3.27. The first-order valence-electron chi connectivity index (χ1n) is 4.80. The van der Waals surface area contributed by atoms with Crippen LogP contribution in [0.1, 0.15) is 39.0 Å². The normalized spacial score (nSPS) is 17.4. The van der Waals surface area contributed by atoms with Crippen LogP contribution in [0, 0.1) is 0 Å². The predicted octanol–water partition coefficient (Wildman–Crippen LogP) is 2.01. The molecule has 0 aromatic rings. The minimum atomic E-state index is 0.278. The highest BCUT2D eigenvalue weighted by atomic mass is 16.1. The van der Waals surface area contributed by atoms with Crippen molar-refractivity contribution in [2.45, 2.75) is 39.0 Å². The Kier molecular flexibility index (Phi) is 3.85. The van der Waals surface area contributed by atoms with E-state index in [0.717, 1.165) is 31.5 Å². The zero-order valence-electron chi connectivity index (χ0n) is 7.73. The third kappa shape index (κ3) is 3.07. The molecular weight excluding hydrogens is 150 g/mol. The minimum Gasteiger partial charge on any atom is -0.388 e. The van der Waals surface area contributed by atoms with Crippen LogP contribution < -0.4 is 5.32 Å². The number of hydrogen-bond donors (Lipinski definition) is 1. The summed E-state index contributed by atoms with van der Waals surface area (Å²) in [5.74, 6) is 0.278. The second kappa shape index (κ2) is 4.96. The molecule has 0 radical (unpaired) electrons. The molecule has 1 N–H and O–H groups in total. The lowest BCUT2D eigenvalue weighted by Crippen LogP contribution is -2.18. The van der Waals surface area contributed by atoms with E-state index in [1.165, 1.54) is 12.8 Å². The molecule has 12 heavy (non-hydrogen) atoms. The third-order valence-corrected chi connectivity index (χ3v) is 2.09. The topological polar surface area (TPSA) is 29.1 Å². The first kappa shape index (κ1) is 9.30. The molecule has 0 atom stereocenters. The third-order valence-electron chi connectivity index (χ3n) is 2.09. The van der Waals surface area contributed by atoms with Crippen LogP contribution in [-0.4, -0.2) is 12.3 Å². The summed E-state index contributed by atoms with van der Waals surface area (Å²) < 4.78 is 0. The summed E-state index contributed by atoms with van der Waals surface area (Å²) in [6.45, 7) is 3.18. The Morgan fingerprint density at radius 3 is 3.00 bits per heavy atom. The van der Waals surface area contributed by atoms with Crippen molar-refractivity contribution in [3.63, 3.8) is 0 Å². The van der Waals surface area contributed by atoms with Gasteiger partial charge < -0.3 is 5.32 Å². The Morgan fingerprint density at radius 1 is 1.50 bits per heavy atom. The average Bonchev–Trinajstić information content (AvgIpc) is 2.05. The lowest BCUT2D eigenvalue weighted by atomic mass is 10.0. The molecule has 1 aliphatic rings. The first-order chi connectivity index (χ1) is 5.83. The molecule has 0 aliphatic heterocycles. The molecule has 0 saturated heterocycles. The van der Waals surface area contributed by atoms with Gasteiger partial charge in [0, 0.05) is 24.7 Å². The van der Waals surface area contributed by atoms with E-state index in [0.29, 0.717) is 0 Å². The zero-order chi connectivity index (χ0) is 8.81. The standard InChI is InChI=1S/C10H17NO/c1-2-3-7-11-9-5-4-6-10(12)8-9/h8,11H,2-7H2,1H3. The number of unbranched alkanes of at least 4 members (excludes halogenated alkanes) is 1. The molecule has 0 fully saturated rings. The van der Waals surface area contributed by atoms with Crippen LogP contribution in [0.5, 0.6) is 0 Å². The number of carbonyl (C=O) groups is 1. The Balaban J connectivity index is 2.26. The van der Waals surface area contributed by atoms with Crippen molar-refractivity contribution in [3.8, 4) is 0 Å². The summed E-state index contributed by atoms with van der Waals surface area (Å²) in [6, 6.07) is 0. The molecule has 0 aromatic heterocycles. The molecule has 0 aromatic carbocycles. The van der Waals surface area contributed by atoms with E-state index in [4.69, 9.17) is 0 Å². The first-order valence-corrected chi connectivity index (χ1v) is 4.80. The summed E-state index contributed by atoms with van der Waals surface area (Å²) in [5.41, 5.74) is 1.14. The van der Waals surface area contributed by atoms with E-state index in [2.05, 4.69) is 12.2 Å². The van der Waals surface area contributed by atoms with E-state index in [1.807, 2.05) is 0 Å².